The van der Waals surface area contributed by atoms with Crippen molar-refractivity contribution in [3.05, 3.63) is 80.4 Å². The molecule has 0 saturated carbocycles. The van der Waals surface area contributed by atoms with Gasteiger partial charge in [-0.05, 0) is 91.4 Å². The Morgan fingerprint density at radius 2 is 1.82 bits per heavy atom. The number of benzene rings is 2. The summed E-state index contributed by atoms with van der Waals surface area (Å²) < 4.78 is 7.75. The first-order chi connectivity index (χ1) is 18.9. The number of fused-ring (bicyclic) bond motifs is 1. The van der Waals surface area contributed by atoms with Crippen molar-refractivity contribution in [1.82, 2.24) is 30.1 Å². The standard InChI is InChI=1S/C30H37N7O2/c1-19-7-8-21(3)27(16-19)35-9-11-36(12-10-35)28(29-32-33-34-37(29)18-23-6-5-13-39-23)25-17-24-22(4)14-20(2)15-26(24)31-30(25)38/h7-8,14-17,23,28H,5-6,9-13,18H2,1-4H3,(H,31,38)/t23-,28-/m1/s1. The molecule has 4 heterocycles. The average Bonchev–Trinajstić information content (AvgIpc) is 3.59. The third-order valence-corrected chi connectivity index (χ3v) is 8.23. The van der Waals surface area contributed by atoms with Gasteiger partial charge >= 0.3 is 0 Å². The second kappa shape index (κ2) is 10.5. The van der Waals surface area contributed by atoms with Crippen LogP contribution < -0.4 is 10.5 Å². The Morgan fingerprint density at radius 1 is 1.00 bits per heavy atom. The van der Waals surface area contributed by atoms with Crippen molar-refractivity contribution in [3.8, 4) is 0 Å². The molecule has 39 heavy (non-hydrogen) atoms. The highest BCUT2D eigenvalue weighted by Crippen LogP contribution is 2.31. The second-order valence-corrected chi connectivity index (χ2v) is 11.2. The van der Waals surface area contributed by atoms with Gasteiger partial charge in [-0.15, -0.1) is 5.10 Å². The summed E-state index contributed by atoms with van der Waals surface area (Å²) in [6, 6.07) is 12.5. The number of tetrazole rings is 1. The molecule has 2 saturated heterocycles. The monoisotopic (exact) mass is 527 g/mol. The molecule has 2 aliphatic heterocycles. The Bertz CT molecular complexity index is 1540. The van der Waals surface area contributed by atoms with E-state index >= 15 is 0 Å². The van der Waals surface area contributed by atoms with Crippen molar-refractivity contribution in [2.75, 3.05) is 37.7 Å². The topological polar surface area (TPSA) is 92.2 Å². The van der Waals surface area contributed by atoms with Gasteiger partial charge in [0, 0.05) is 54.9 Å². The molecule has 4 aromatic rings. The van der Waals surface area contributed by atoms with Crippen molar-refractivity contribution in [1.29, 1.82) is 0 Å². The number of aromatic nitrogens is 5. The van der Waals surface area contributed by atoms with Gasteiger partial charge in [0.25, 0.3) is 5.56 Å². The highest BCUT2D eigenvalue weighted by molar-refractivity contribution is 5.83. The van der Waals surface area contributed by atoms with Gasteiger partial charge in [-0.1, -0.05) is 18.2 Å². The van der Waals surface area contributed by atoms with Crippen molar-refractivity contribution >= 4 is 16.6 Å². The lowest BCUT2D eigenvalue weighted by atomic mass is 9.99. The number of hydrogen-bond acceptors (Lipinski definition) is 7. The van der Waals surface area contributed by atoms with Crippen LogP contribution in [0.1, 0.15) is 52.5 Å². The number of aromatic amines is 1. The number of hydrogen-bond donors (Lipinski definition) is 1. The molecule has 2 aromatic heterocycles. The Hall–Kier alpha value is -3.56. The predicted molar refractivity (Wildman–Crippen MR) is 152 cm³/mol. The minimum Gasteiger partial charge on any atom is -0.376 e. The van der Waals surface area contributed by atoms with Crippen LogP contribution in [0, 0.1) is 27.7 Å². The number of H-pyrrole nitrogens is 1. The molecule has 2 atom stereocenters. The second-order valence-electron chi connectivity index (χ2n) is 11.2. The fourth-order valence-electron chi connectivity index (χ4n) is 6.19. The summed E-state index contributed by atoms with van der Waals surface area (Å²) in [5.74, 6) is 0.695. The van der Waals surface area contributed by atoms with Gasteiger partial charge in [-0.25, -0.2) is 4.68 Å². The van der Waals surface area contributed by atoms with Crippen molar-refractivity contribution in [3.63, 3.8) is 0 Å². The first-order valence-electron chi connectivity index (χ1n) is 14.0. The van der Waals surface area contributed by atoms with Gasteiger partial charge in [-0.3, -0.25) is 9.69 Å². The molecule has 9 nitrogen and oxygen atoms in total. The molecular formula is C30H37N7O2. The van der Waals surface area contributed by atoms with E-state index in [1.165, 1.54) is 16.8 Å². The molecule has 0 spiro atoms. The van der Waals surface area contributed by atoms with Gasteiger partial charge in [0.1, 0.15) is 6.04 Å². The Kier molecular flexibility index (Phi) is 6.95. The van der Waals surface area contributed by atoms with Crippen molar-refractivity contribution in [2.24, 2.45) is 0 Å². The fraction of sp³-hybridized carbons (Fsp3) is 0.467. The number of anilines is 1. The van der Waals surface area contributed by atoms with Crippen LogP contribution >= 0.6 is 0 Å². The van der Waals surface area contributed by atoms with Crippen LogP contribution in [0.15, 0.2) is 41.2 Å². The Labute approximate surface area is 228 Å². The summed E-state index contributed by atoms with van der Waals surface area (Å²) in [6.07, 6.45) is 2.14. The molecule has 0 unspecified atom stereocenters. The molecule has 1 N–H and O–H groups in total. The third kappa shape index (κ3) is 5.08. The fourth-order valence-corrected chi connectivity index (χ4v) is 6.19. The van der Waals surface area contributed by atoms with Crippen LogP contribution in [0.25, 0.3) is 10.9 Å². The first kappa shape index (κ1) is 25.7. The predicted octanol–water partition coefficient (Wildman–Crippen LogP) is 3.84. The van der Waals surface area contributed by atoms with E-state index in [1.54, 1.807) is 0 Å². The SMILES string of the molecule is Cc1ccc(C)c(N2CCN([C@H](c3cc4c(C)cc(C)cc4[nH]c3=O)c3nnnn3C[C@H]3CCCO3)CC2)c1. The smallest absolute Gasteiger partial charge is 0.253 e. The van der Waals surface area contributed by atoms with Crippen LogP contribution in [-0.4, -0.2) is 69.0 Å². The van der Waals surface area contributed by atoms with Crippen molar-refractivity contribution in [2.45, 2.75) is 59.2 Å². The number of aryl methyl sites for hydroxylation is 4. The number of nitrogens with zero attached hydrogens (tertiary/aromatic N) is 6. The number of piperazine rings is 1. The minimum absolute atomic E-state index is 0.0918. The van der Waals surface area contributed by atoms with Gasteiger partial charge in [-0.2, -0.15) is 0 Å². The molecular weight excluding hydrogens is 490 g/mol. The third-order valence-electron chi connectivity index (χ3n) is 8.23. The van der Waals surface area contributed by atoms with Crippen LogP contribution in [-0.2, 0) is 11.3 Å². The summed E-state index contributed by atoms with van der Waals surface area (Å²) in [5.41, 5.74) is 7.53. The molecule has 0 amide bonds. The average molecular weight is 528 g/mol. The molecule has 2 aromatic carbocycles. The van der Waals surface area contributed by atoms with E-state index in [0.717, 1.165) is 67.7 Å². The van der Waals surface area contributed by atoms with E-state index in [-0.39, 0.29) is 17.7 Å². The maximum Gasteiger partial charge on any atom is 0.253 e. The van der Waals surface area contributed by atoms with E-state index in [9.17, 15) is 4.79 Å². The molecule has 2 fully saturated rings. The summed E-state index contributed by atoms with van der Waals surface area (Å²) in [4.78, 5) is 21.6. The molecule has 204 valence electrons. The van der Waals surface area contributed by atoms with Gasteiger partial charge < -0.3 is 14.6 Å². The lowest BCUT2D eigenvalue weighted by Crippen LogP contribution is -2.49. The van der Waals surface area contributed by atoms with E-state index in [4.69, 9.17) is 4.74 Å². The van der Waals surface area contributed by atoms with E-state index < -0.39 is 0 Å². The van der Waals surface area contributed by atoms with Crippen LogP contribution in [0.4, 0.5) is 5.69 Å². The van der Waals surface area contributed by atoms with E-state index in [1.807, 2.05) is 10.7 Å². The zero-order chi connectivity index (χ0) is 27.1. The van der Waals surface area contributed by atoms with Gasteiger partial charge in [0.15, 0.2) is 5.82 Å². The molecule has 0 aliphatic carbocycles. The number of ether oxygens (including phenoxy) is 1. The largest absolute Gasteiger partial charge is 0.376 e. The lowest BCUT2D eigenvalue weighted by molar-refractivity contribution is 0.0906. The molecule has 0 bridgehead atoms. The number of pyridine rings is 1. The summed E-state index contributed by atoms with van der Waals surface area (Å²) in [7, 11) is 0. The van der Waals surface area contributed by atoms with Crippen LogP contribution in [0.2, 0.25) is 0 Å². The molecule has 2 aliphatic rings. The van der Waals surface area contributed by atoms with E-state index in [2.05, 4.69) is 88.3 Å². The van der Waals surface area contributed by atoms with Crippen LogP contribution in [0.5, 0.6) is 0 Å². The zero-order valence-electron chi connectivity index (χ0n) is 23.3. The lowest BCUT2D eigenvalue weighted by Gasteiger charge is -2.40. The first-order valence-corrected chi connectivity index (χ1v) is 14.0. The van der Waals surface area contributed by atoms with E-state index in [0.29, 0.717) is 17.9 Å². The molecule has 6 rings (SSSR count). The number of nitrogens with one attached hydrogen (secondary N) is 1. The number of rotatable bonds is 6. The normalized spacial score (nSPS) is 19.2. The summed E-state index contributed by atoms with van der Waals surface area (Å²) in [5, 5.41) is 14.0. The van der Waals surface area contributed by atoms with Crippen LogP contribution in [0.3, 0.4) is 0 Å². The molecule has 9 heteroatoms. The molecule has 0 radical (unpaired) electrons. The van der Waals surface area contributed by atoms with Crippen molar-refractivity contribution < 1.29 is 4.74 Å². The minimum atomic E-state index is -0.365. The Morgan fingerprint density at radius 3 is 2.59 bits per heavy atom. The maximum absolute atomic E-state index is 13.7. The summed E-state index contributed by atoms with van der Waals surface area (Å²) in [6.45, 7) is 13.1. The highest BCUT2D eigenvalue weighted by Gasteiger charge is 2.34. The zero-order valence-corrected chi connectivity index (χ0v) is 23.3. The van der Waals surface area contributed by atoms with Gasteiger partial charge in [0.2, 0.25) is 0 Å². The van der Waals surface area contributed by atoms with Gasteiger partial charge in [0.05, 0.1) is 12.6 Å². The quantitative estimate of drug-likeness (QED) is 0.407. The Balaban J connectivity index is 1.38. The highest BCUT2D eigenvalue weighted by atomic mass is 16.5. The summed E-state index contributed by atoms with van der Waals surface area (Å²) >= 11 is 0. The maximum atomic E-state index is 13.7.